The smallest absolute Gasteiger partial charge is 0.284 e. The molecule has 0 spiro atoms. The van der Waals surface area contributed by atoms with Crippen molar-refractivity contribution in [1.82, 2.24) is 24.5 Å². The van der Waals surface area contributed by atoms with Crippen LogP contribution in [-0.4, -0.2) is 33.0 Å². The van der Waals surface area contributed by atoms with E-state index in [0.717, 1.165) is 0 Å². The van der Waals surface area contributed by atoms with Crippen LogP contribution < -0.4 is 4.72 Å². The highest BCUT2D eigenvalue weighted by Crippen LogP contribution is 2.27. The van der Waals surface area contributed by atoms with Gasteiger partial charge in [0, 0.05) is 12.6 Å². The predicted molar refractivity (Wildman–Crippen MR) is 85.1 cm³/mol. The monoisotopic (exact) mass is 350 g/mol. The second-order valence-electron chi connectivity index (χ2n) is 5.04. The van der Waals surface area contributed by atoms with Gasteiger partial charge < -0.3 is 4.57 Å². The summed E-state index contributed by atoms with van der Waals surface area (Å²) in [5.74, 6) is -0.124. The van der Waals surface area contributed by atoms with E-state index in [1.54, 1.807) is 14.0 Å². The van der Waals surface area contributed by atoms with Crippen molar-refractivity contribution in [1.29, 1.82) is 0 Å². The van der Waals surface area contributed by atoms with Crippen molar-refractivity contribution in [3.63, 3.8) is 0 Å². The van der Waals surface area contributed by atoms with Gasteiger partial charge in [0.15, 0.2) is 0 Å². The minimum Gasteiger partial charge on any atom is -0.319 e. The van der Waals surface area contributed by atoms with E-state index < -0.39 is 10.0 Å². The van der Waals surface area contributed by atoms with Gasteiger partial charge in [-0.3, -0.25) is 4.72 Å². The molecule has 0 amide bonds. The van der Waals surface area contributed by atoms with E-state index in [1.807, 2.05) is 0 Å². The summed E-state index contributed by atoms with van der Waals surface area (Å²) in [5, 5.41) is 7.58. The largest absolute Gasteiger partial charge is 0.319 e. The van der Waals surface area contributed by atoms with Crippen LogP contribution in [0.5, 0.6) is 0 Å². The Bertz CT molecular complexity index is 962. The Kier molecular flexibility index (Phi) is 4.06. The minimum atomic E-state index is -3.91. The lowest BCUT2D eigenvalue weighted by Crippen LogP contribution is -2.16. The number of aryl methyl sites for hydroxylation is 2. The number of rotatable bonds is 5. The number of hydrogen-bond acceptors (Lipinski definition) is 5. The van der Waals surface area contributed by atoms with Gasteiger partial charge in [0.2, 0.25) is 5.03 Å². The number of hydrogen-bond donors (Lipinski definition) is 1. The van der Waals surface area contributed by atoms with Crippen LogP contribution in [-0.2, 0) is 23.6 Å². The van der Waals surface area contributed by atoms with Crippen LogP contribution in [0.2, 0.25) is 0 Å². The number of imidazole rings is 1. The van der Waals surface area contributed by atoms with E-state index in [2.05, 4.69) is 19.9 Å². The van der Waals surface area contributed by atoms with Crippen LogP contribution in [0.25, 0.3) is 11.3 Å². The molecule has 0 aliphatic rings. The standard InChI is InChI=1S/C14H15FN6O2S/c1-3-21-17-8-12(18-21)24(22,23)19-14-13(16-9-20(14)2)10-4-6-11(15)7-5-10/h4-9,19H,3H2,1-2H3. The van der Waals surface area contributed by atoms with Gasteiger partial charge in [-0.2, -0.15) is 18.3 Å². The second-order valence-corrected chi connectivity index (χ2v) is 6.67. The van der Waals surface area contributed by atoms with Crippen LogP contribution >= 0.6 is 0 Å². The lowest BCUT2D eigenvalue weighted by atomic mass is 10.1. The van der Waals surface area contributed by atoms with Gasteiger partial charge in [-0.1, -0.05) is 0 Å². The van der Waals surface area contributed by atoms with Crippen molar-refractivity contribution >= 4 is 15.8 Å². The Hall–Kier alpha value is -2.75. The maximum atomic E-state index is 13.1. The zero-order chi connectivity index (χ0) is 17.3. The molecule has 0 aliphatic heterocycles. The number of halogens is 1. The van der Waals surface area contributed by atoms with E-state index in [9.17, 15) is 12.8 Å². The fraction of sp³-hybridized carbons (Fsp3) is 0.214. The Balaban J connectivity index is 1.98. The SMILES string of the molecule is CCn1ncc(S(=O)(=O)Nc2c(-c3ccc(F)cc3)ncn2C)n1. The maximum Gasteiger partial charge on any atom is 0.284 e. The summed E-state index contributed by atoms with van der Waals surface area (Å²) in [4.78, 5) is 5.46. The van der Waals surface area contributed by atoms with Gasteiger partial charge in [-0.15, -0.1) is 5.10 Å². The van der Waals surface area contributed by atoms with Gasteiger partial charge in [-0.05, 0) is 31.2 Å². The summed E-state index contributed by atoms with van der Waals surface area (Å²) in [6.07, 6.45) is 2.65. The molecular formula is C14H15FN6O2S. The van der Waals surface area contributed by atoms with Gasteiger partial charge in [0.05, 0.1) is 19.1 Å². The van der Waals surface area contributed by atoms with Crippen LogP contribution in [0, 0.1) is 5.82 Å². The zero-order valence-corrected chi connectivity index (χ0v) is 13.8. The van der Waals surface area contributed by atoms with Crippen LogP contribution in [0.4, 0.5) is 10.2 Å². The van der Waals surface area contributed by atoms with E-state index in [0.29, 0.717) is 17.8 Å². The van der Waals surface area contributed by atoms with Crippen molar-refractivity contribution < 1.29 is 12.8 Å². The van der Waals surface area contributed by atoms with E-state index in [1.165, 1.54) is 46.2 Å². The molecule has 0 aliphatic carbocycles. The van der Waals surface area contributed by atoms with Crippen LogP contribution in [0.15, 0.2) is 41.8 Å². The first-order valence-corrected chi connectivity index (χ1v) is 8.59. The molecule has 0 radical (unpaired) electrons. The lowest BCUT2D eigenvalue weighted by molar-refractivity contribution is 0.551. The third-order valence-electron chi connectivity index (χ3n) is 3.36. The molecule has 2 heterocycles. The van der Waals surface area contributed by atoms with Crippen molar-refractivity contribution in [3.8, 4) is 11.3 Å². The zero-order valence-electron chi connectivity index (χ0n) is 13.0. The molecule has 126 valence electrons. The van der Waals surface area contributed by atoms with Gasteiger partial charge >= 0.3 is 0 Å². The number of benzene rings is 1. The fourth-order valence-electron chi connectivity index (χ4n) is 2.11. The highest BCUT2D eigenvalue weighted by atomic mass is 32.2. The highest BCUT2D eigenvalue weighted by molar-refractivity contribution is 7.92. The fourth-order valence-corrected chi connectivity index (χ4v) is 3.09. The maximum absolute atomic E-state index is 13.1. The number of nitrogens with zero attached hydrogens (tertiary/aromatic N) is 5. The van der Waals surface area contributed by atoms with Gasteiger partial charge in [0.1, 0.15) is 17.3 Å². The molecular weight excluding hydrogens is 335 g/mol. The van der Waals surface area contributed by atoms with Gasteiger partial charge in [0.25, 0.3) is 10.0 Å². The molecule has 0 saturated carbocycles. The topological polar surface area (TPSA) is 94.7 Å². The van der Waals surface area contributed by atoms with E-state index in [4.69, 9.17) is 0 Å². The molecule has 24 heavy (non-hydrogen) atoms. The molecule has 1 aromatic carbocycles. The first-order chi connectivity index (χ1) is 11.4. The molecule has 3 rings (SSSR count). The first kappa shape index (κ1) is 16.1. The molecule has 3 aromatic rings. The third-order valence-corrected chi connectivity index (χ3v) is 4.56. The molecule has 10 heteroatoms. The van der Waals surface area contributed by atoms with E-state index in [-0.39, 0.29) is 16.7 Å². The number of nitrogens with one attached hydrogen (secondary N) is 1. The van der Waals surface area contributed by atoms with Crippen LogP contribution in [0.3, 0.4) is 0 Å². The Morgan fingerprint density at radius 3 is 2.58 bits per heavy atom. The van der Waals surface area contributed by atoms with Crippen molar-refractivity contribution in [2.45, 2.75) is 18.5 Å². The minimum absolute atomic E-state index is 0.185. The Morgan fingerprint density at radius 1 is 1.25 bits per heavy atom. The number of aromatic nitrogens is 5. The first-order valence-electron chi connectivity index (χ1n) is 7.11. The third kappa shape index (κ3) is 3.00. The summed E-state index contributed by atoms with van der Waals surface area (Å²) in [6.45, 7) is 2.26. The number of sulfonamides is 1. The number of anilines is 1. The van der Waals surface area contributed by atoms with Crippen LogP contribution in [0.1, 0.15) is 6.92 Å². The van der Waals surface area contributed by atoms with E-state index >= 15 is 0 Å². The molecule has 0 saturated heterocycles. The lowest BCUT2D eigenvalue weighted by Gasteiger charge is -2.09. The predicted octanol–water partition coefficient (Wildman–Crippen LogP) is 1.64. The quantitative estimate of drug-likeness (QED) is 0.755. The van der Waals surface area contributed by atoms with Gasteiger partial charge in [-0.25, -0.2) is 9.37 Å². The molecule has 0 fully saturated rings. The highest BCUT2D eigenvalue weighted by Gasteiger charge is 2.22. The normalized spacial score (nSPS) is 11.6. The molecule has 0 atom stereocenters. The van der Waals surface area contributed by atoms with Crippen molar-refractivity contribution in [2.24, 2.45) is 7.05 Å². The molecule has 0 bridgehead atoms. The average Bonchev–Trinajstić information content (AvgIpc) is 3.17. The van der Waals surface area contributed by atoms with Crippen molar-refractivity contribution in [2.75, 3.05) is 4.72 Å². The van der Waals surface area contributed by atoms with Crippen molar-refractivity contribution in [3.05, 3.63) is 42.6 Å². The molecule has 0 unspecified atom stereocenters. The average molecular weight is 350 g/mol. The summed E-state index contributed by atoms with van der Waals surface area (Å²) in [6, 6.07) is 5.63. The summed E-state index contributed by atoms with van der Waals surface area (Å²) in [5.41, 5.74) is 0.982. The molecule has 1 N–H and O–H groups in total. The second kappa shape index (κ2) is 6.04. The molecule has 2 aromatic heterocycles. The summed E-state index contributed by atoms with van der Waals surface area (Å²) >= 11 is 0. The Morgan fingerprint density at radius 2 is 1.96 bits per heavy atom. The summed E-state index contributed by atoms with van der Waals surface area (Å²) < 4.78 is 42.1. The summed E-state index contributed by atoms with van der Waals surface area (Å²) in [7, 11) is -2.26. The molecule has 8 nitrogen and oxygen atoms in total. The Labute approximate surface area is 138 Å².